The van der Waals surface area contributed by atoms with Gasteiger partial charge in [0.15, 0.2) is 0 Å². The van der Waals surface area contributed by atoms with Crippen molar-refractivity contribution in [2.75, 3.05) is 24.6 Å². The van der Waals surface area contributed by atoms with Crippen LogP contribution < -0.4 is 15.0 Å². The van der Waals surface area contributed by atoms with Crippen molar-refractivity contribution >= 4 is 11.6 Å². The Morgan fingerprint density at radius 1 is 1.16 bits per heavy atom. The van der Waals surface area contributed by atoms with Gasteiger partial charge >= 0.3 is 0 Å². The minimum atomic E-state index is 0.103. The largest absolute Gasteiger partial charge is 0.492 e. The number of fused-ring (bicyclic) bond motifs is 1. The molecule has 2 aromatic rings. The normalized spacial score (nSPS) is 22.2. The second-order valence-corrected chi connectivity index (χ2v) is 9.87. The number of hydrogen-bond acceptors (Lipinski definition) is 4. The molecule has 3 heterocycles. The van der Waals surface area contributed by atoms with Gasteiger partial charge in [0.2, 0.25) is 5.91 Å². The smallest absolute Gasteiger partial charge is 0.224 e. The summed E-state index contributed by atoms with van der Waals surface area (Å²) in [6, 6.07) is 4.93. The Morgan fingerprint density at radius 2 is 1.94 bits per heavy atom. The van der Waals surface area contributed by atoms with Crippen LogP contribution in [0.5, 0.6) is 5.75 Å². The van der Waals surface area contributed by atoms with Crippen LogP contribution in [0, 0.1) is 5.92 Å². The Labute approximate surface area is 191 Å². The van der Waals surface area contributed by atoms with E-state index in [9.17, 15) is 4.79 Å². The third-order valence-corrected chi connectivity index (χ3v) is 7.62. The molecule has 0 radical (unpaired) electrons. The average molecular weight is 437 g/mol. The van der Waals surface area contributed by atoms with Crippen molar-refractivity contribution in [3.63, 3.8) is 0 Å². The number of benzene rings is 1. The summed E-state index contributed by atoms with van der Waals surface area (Å²) in [6.45, 7) is 6.67. The van der Waals surface area contributed by atoms with Crippen molar-refractivity contribution in [2.45, 2.75) is 77.3 Å². The first-order valence-electron chi connectivity index (χ1n) is 12.5. The van der Waals surface area contributed by atoms with Crippen LogP contribution >= 0.6 is 0 Å². The Morgan fingerprint density at radius 3 is 2.69 bits per heavy atom. The molecule has 2 fully saturated rings. The van der Waals surface area contributed by atoms with Crippen LogP contribution in [0.25, 0.3) is 11.1 Å². The molecule has 6 nitrogen and oxygen atoms in total. The minimum Gasteiger partial charge on any atom is -0.492 e. The fourth-order valence-corrected chi connectivity index (χ4v) is 5.80. The number of amides is 1. The highest BCUT2D eigenvalue weighted by Gasteiger charge is 2.30. The Hall–Kier alpha value is -2.34. The van der Waals surface area contributed by atoms with Crippen LogP contribution in [0.2, 0.25) is 0 Å². The lowest BCUT2D eigenvalue weighted by Crippen LogP contribution is -2.40. The number of piperidine rings is 1. The third kappa shape index (κ3) is 4.17. The molecule has 172 valence electrons. The summed E-state index contributed by atoms with van der Waals surface area (Å²) in [5.74, 6) is 1.71. The van der Waals surface area contributed by atoms with Crippen LogP contribution in [0.15, 0.2) is 24.5 Å². The topological polar surface area (TPSA) is 59.4 Å². The van der Waals surface area contributed by atoms with Crippen LogP contribution in [-0.4, -0.2) is 41.4 Å². The summed E-state index contributed by atoms with van der Waals surface area (Å²) in [7, 11) is 0. The Kier molecular flexibility index (Phi) is 6.22. The van der Waals surface area contributed by atoms with Crippen LogP contribution in [0.4, 0.5) is 5.69 Å². The molecular weight excluding hydrogens is 400 g/mol. The van der Waals surface area contributed by atoms with Crippen molar-refractivity contribution < 1.29 is 9.53 Å². The maximum absolute atomic E-state index is 12.5. The maximum atomic E-state index is 12.5. The molecule has 1 atom stereocenters. The highest BCUT2D eigenvalue weighted by Crippen LogP contribution is 2.43. The quantitative estimate of drug-likeness (QED) is 0.736. The number of aromatic nitrogens is 2. The molecule has 1 saturated heterocycles. The highest BCUT2D eigenvalue weighted by molar-refractivity contribution is 5.95. The van der Waals surface area contributed by atoms with Gasteiger partial charge in [0.05, 0.1) is 24.5 Å². The molecule has 0 unspecified atom stereocenters. The number of carbonyl (C=O) groups is 1. The number of nitrogens with one attached hydrogen (secondary N) is 1. The molecule has 1 aliphatic carbocycles. The summed E-state index contributed by atoms with van der Waals surface area (Å²) in [6.07, 6.45) is 13.4. The first kappa shape index (κ1) is 21.5. The lowest BCUT2D eigenvalue weighted by molar-refractivity contribution is -0.117. The lowest BCUT2D eigenvalue weighted by Gasteiger charge is -2.36. The molecule has 0 bridgehead atoms. The van der Waals surface area contributed by atoms with Crippen LogP contribution in [-0.2, 0) is 11.2 Å². The first-order valence-corrected chi connectivity index (χ1v) is 12.5. The molecular formula is C26H36N4O2. The fourth-order valence-electron chi connectivity index (χ4n) is 5.80. The van der Waals surface area contributed by atoms with Crippen LogP contribution in [0.3, 0.4) is 0 Å². The standard InChI is InChI=1S/C26H36N4O2/c1-18-7-8-24-25(30(18)19(2)31)10-9-23(26(24)32-17-20-5-3-4-6-20)21-15-28-29(16-21)22-11-13-27-14-12-22/h9-10,15-16,18,20,22,27H,3-8,11-14,17H2,1-2H3/t18-/m0/s1. The molecule has 0 spiro atoms. The van der Waals surface area contributed by atoms with E-state index in [1.807, 2.05) is 11.1 Å². The number of hydrogen-bond donors (Lipinski definition) is 1. The van der Waals surface area contributed by atoms with Crippen molar-refractivity contribution in [2.24, 2.45) is 5.92 Å². The Balaban J connectivity index is 1.51. The van der Waals surface area contributed by atoms with E-state index in [0.717, 1.165) is 67.9 Å². The summed E-state index contributed by atoms with van der Waals surface area (Å²) in [4.78, 5) is 14.4. The van der Waals surface area contributed by atoms with Gasteiger partial charge in [0.1, 0.15) is 5.75 Å². The summed E-state index contributed by atoms with van der Waals surface area (Å²) in [5.41, 5.74) is 4.43. The van der Waals surface area contributed by atoms with Gasteiger partial charge in [-0.15, -0.1) is 0 Å². The van der Waals surface area contributed by atoms with E-state index >= 15 is 0 Å². The van der Waals surface area contributed by atoms with Gasteiger partial charge in [-0.25, -0.2) is 0 Å². The molecule has 1 aromatic carbocycles. The van der Waals surface area contributed by atoms with E-state index in [4.69, 9.17) is 9.84 Å². The third-order valence-electron chi connectivity index (χ3n) is 7.62. The van der Waals surface area contributed by atoms with Gasteiger partial charge in [-0.2, -0.15) is 5.10 Å². The predicted octanol–water partition coefficient (Wildman–Crippen LogP) is 4.73. The molecule has 32 heavy (non-hydrogen) atoms. The lowest BCUT2D eigenvalue weighted by atomic mass is 9.92. The summed E-state index contributed by atoms with van der Waals surface area (Å²) >= 11 is 0. The molecule has 3 aliphatic rings. The van der Waals surface area contributed by atoms with E-state index < -0.39 is 0 Å². The zero-order chi connectivity index (χ0) is 22.1. The second-order valence-electron chi connectivity index (χ2n) is 9.87. The van der Waals surface area contributed by atoms with E-state index in [1.165, 1.54) is 31.2 Å². The highest BCUT2D eigenvalue weighted by atomic mass is 16.5. The predicted molar refractivity (Wildman–Crippen MR) is 127 cm³/mol. The molecule has 1 aromatic heterocycles. The number of nitrogens with zero attached hydrogens (tertiary/aromatic N) is 3. The zero-order valence-electron chi connectivity index (χ0n) is 19.5. The summed E-state index contributed by atoms with van der Waals surface area (Å²) < 4.78 is 8.75. The van der Waals surface area contributed by atoms with E-state index in [0.29, 0.717) is 12.0 Å². The molecule has 5 rings (SSSR count). The van der Waals surface area contributed by atoms with Crippen molar-refractivity contribution in [1.82, 2.24) is 15.1 Å². The zero-order valence-corrected chi connectivity index (χ0v) is 19.5. The summed E-state index contributed by atoms with van der Waals surface area (Å²) in [5, 5.41) is 8.16. The molecule has 2 aliphatic heterocycles. The number of rotatable bonds is 5. The Bertz CT molecular complexity index is 957. The van der Waals surface area contributed by atoms with Gasteiger partial charge in [-0.1, -0.05) is 12.8 Å². The maximum Gasteiger partial charge on any atom is 0.224 e. The van der Waals surface area contributed by atoms with E-state index in [1.54, 1.807) is 6.92 Å². The first-order chi connectivity index (χ1) is 15.6. The molecule has 1 amide bonds. The van der Waals surface area contributed by atoms with Crippen molar-refractivity contribution in [1.29, 1.82) is 0 Å². The van der Waals surface area contributed by atoms with E-state index in [-0.39, 0.29) is 11.9 Å². The number of ether oxygens (including phenoxy) is 1. The van der Waals surface area contributed by atoms with E-state index in [2.05, 4.69) is 35.3 Å². The van der Waals surface area contributed by atoms with Gasteiger partial charge in [-0.3, -0.25) is 9.48 Å². The fraction of sp³-hybridized carbons (Fsp3) is 0.615. The minimum absolute atomic E-state index is 0.103. The van der Waals surface area contributed by atoms with Gasteiger partial charge in [0.25, 0.3) is 0 Å². The molecule has 1 N–H and O–H groups in total. The van der Waals surface area contributed by atoms with Crippen LogP contribution in [0.1, 0.15) is 70.4 Å². The van der Waals surface area contributed by atoms with Gasteiger partial charge in [-0.05, 0) is 76.6 Å². The SMILES string of the molecule is CC(=O)N1c2ccc(-c3cnn(C4CCNCC4)c3)c(OCC3CCCC3)c2CC[C@@H]1C. The number of carbonyl (C=O) groups excluding carboxylic acids is 1. The monoisotopic (exact) mass is 436 g/mol. The van der Waals surface area contributed by atoms with Crippen molar-refractivity contribution in [3.8, 4) is 16.9 Å². The molecule has 6 heteroatoms. The molecule has 1 saturated carbocycles. The van der Waals surface area contributed by atoms with Gasteiger partial charge < -0.3 is 15.0 Å². The van der Waals surface area contributed by atoms with Crippen molar-refractivity contribution in [3.05, 3.63) is 30.1 Å². The average Bonchev–Trinajstić information content (AvgIpc) is 3.50. The van der Waals surface area contributed by atoms with Gasteiger partial charge in [0, 0.05) is 35.9 Å². The second kappa shape index (κ2) is 9.26. The number of anilines is 1.